The molecule has 1 N–H and O–H groups in total. The summed E-state index contributed by atoms with van der Waals surface area (Å²) in [6, 6.07) is 5.58. The molecule has 0 bridgehead atoms. The van der Waals surface area contributed by atoms with Gasteiger partial charge in [0.2, 0.25) is 5.95 Å². The molecule has 0 unspecified atom stereocenters. The molecular formula is C12H11ClN6. The molecule has 0 saturated carbocycles. The minimum absolute atomic E-state index is 0.121. The Morgan fingerprint density at radius 1 is 1.37 bits per heavy atom. The minimum atomic E-state index is 0.121. The predicted octanol–water partition coefficient (Wildman–Crippen LogP) is 2.21. The van der Waals surface area contributed by atoms with Gasteiger partial charge < -0.3 is 10.2 Å². The summed E-state index contributed by atoms with van der Waals surface area (Å²) in [7, 11) is 3.78. The number of nitrogens with one attached hydrogen (secondary N) is 1. The second-order valence-corrected chi connectivity index (χ2v) is 4.26. The number of aromatic nitrogens is 3. The lowest BCUT2D eigenvalue weighted by atomic mass is 10.3. The van der Waals surface area contributed by atoms with E-state index in [1.165, 1.54) is 6.20 Å². The molecule has 0 aliphatic carbocycles. The summed E-state index contributed by atoms with van der Waals surface area (Å²) in [6.45, 7) is 0. The molecule has 2 aromatic heterocycles. The molecule has 0 aliphatic rings. The average Bonchev–Trinajstić information content (AvgIpc) is 2.39. The Morgan fingerprint density at radius 2 is 2.16 bits per heavy atom. The van der Waals surface area contributed by atoms with Crippen LogP contribution < -0.4 is 10.2 Å². The predicted molar refractivity (Wildman–Crippen MR) is 73.6 cm³/mol. The zero-order valence-electron chi connectivity index (χ0n) is 10.4. The van der Waals surface area contributed by atoms with Gasteiger partial charge in [0, 0.05) is 20.3 Å². The molecule has 0 saturated heterocycles. The van der Waals surface area contributed by atoms with Crippen LogP contribution in [0.3, 0.4) is 0 Å². The van der Waals surface area contributed by atoms with Gasteiger partial charge >= 0.3 is 0 Å². The van der Waals surface area contributed by atoms with Gasteiger partial charge in [0.05, 0.1) is 11.9 Å². The number of nitrogens with zero attached hydrogens (tertiary/aromatic N) is 5. The van der Waals surface area contributed by atoms with E-state index in [0.717, 1.165) is 11.5 Å². The summed E-state index contributed by atoms with van der Waals surface area (Å²) in [5.74, 6) is 1.08. The maximum Gasteiger partial charge on any atom is 0.228 e. The molecule has 0 radical (unpaired) electrons. The van der Waals surface area contributed by atoms with Crippen LogP contribution in [0.4, 0.5) is 17.5 Å². The van der Waals surface area contributed by atoms with E-state index in [9.17, 15) is 0 Å². The number of hydrogen-bond donors (Lipinski definition) is 1. The second-order valence-electron chi connectivity index (χ2n) is 3.90. The molecule has 0 amide bonds. The third-order valence-electron chi connectivity index (χ3n) is 2.32. The van der Waals surface area contributed by atoms with Gasteiger partial charge in [0.25, 0.3) is 0 Å². The van der Waals surface area contributed by atoms with E-state index in [1.807, 2.05) is 31.1 Å². The topological polar surface area (TPSA) is 77.7 Å². The number of hydrogen-bond acceptors (Lipinski definition) is 6. The lowest BCUT2D eigenvalue weighted by molar-refractivity contribution is 1.06. The molecule has 0 aromatic carbocycles. The van der Waals surface area contributed by atoms with Crippen molar-refractivity contribution in [2.24, 2.45) is 0 Å². The standard InChI is InChI=1S/C12H11ClN6/c1-19(2)11-9(4-3-5-15-11)17-12-16-7-8(6-14)10(13)18-12/h3-5,7H,1-2H3,(H,16,17,18). The van der Waals surface area contributed by atoms with E-state index in [0.29, 0.717) is 5.95 Å². The molecule has 2 aromatic rings. The van der Waals surface area contributed by atoms with Crippen molar-refractivity contribution in [3.8, 4) is 6.07 Å². The van der Waals surface area contributed by atoms with Gasteiger partial charge in [-0.05, 0) is 12.1 Å². The number of nitriles is 1. The first-order valence-corrected chi connectivity index (χ1v) is 5.81. The molecule has 6 nitrogen and oxygen atoms in total. The third-order valence-corrected chi connectivity index (χ3v) is 2.61. The molecule has 0 aliphatic heterocycles. The summed E-state index contributed by atoms with van der Waals surface area (Å²) in [4.78, 5) is 14.2. The normalized spacial score (nSPS) is 9.79. The summed E-state index contributed by atoms with van der Waals surface area (Å²) >= 11 is 5.86. The monoisotopic (exact) mass is 274 g/mol. The van der Waals surface area contributed by atoms with E-state index in [1.54, 1.807) is 12.3 Å². The van der Waals surface area contributed by atoms with Crippen molar-refractivity contribution in [1.29, 1.82) is 5.26 Å². The zero-order valence-corrected chi connectivity index (χ0v) is 11.2. The Labute approximate surface area is 115 Å². The van der Waals surface area contributed by atoms with Crippen LogP contribution >= 0.6 is 11.6 Å². The number of rotatable bonds is 3. The van der Waals surface area contributed by atoms with Crippen LogP contribution in [0.2, 0.25) is 5.15 Å². The van der Waals surface area contributed by atoms with Crippen LogP contribution in [-0.4, -0.2) is 29.0 Å². The summed E-state index contributed by atoms with van der Waals surface area (Å²) in [6.07, 6.45) is 3.08. The highest BCUT2D eigenvalue weighted by Crippen LogP contribution is 2.24. The van der Waals surface area contributed by atoms with Crippen LogP contribution in [0.1, 0.15) is 5.56 Å². The van der Waals surface area contributed by atoms with Crippen LogP contribution in [-0.2, 0) is 0 Å². The Kier molecular flexibility index (Phi) is 3.78. The third kappa shape index (κ3) is 2.89. The Balaban J connectivity index is 2.32. The highest BCUT2D eigenvalue weighted by atomic mass is 35.5. The smallest absolute Gasteiger partial charge is 0.228 e. The maximum atomic E-state index is 8.76. The highest BCUT2D eigenvalue weighted by Gasteiger charge is 2.09. The van der Waals surface area contributed by atoms with Crippen LogP contribution in [0.5, 0.6) is 0 Å². The zero-order chi connectivity index (χ0) is 13.8. The summed E-state index contributed by atoms with van der Waals surface area (Å²) in [5, 5.41) is 11.9. The molecule has 0 fully saturated rings. The van der Waals surface area contributed by atoms with Gasteiger partial charge in [-0.25, -0.2) is 9.97 Å². The van der Waals surface area contributed by atoms with E-state index in [-0.39, 0.29) is 10.7 Å². The summed E-state index contributed by atoms with van der Waals surface area (Å²) < 4.78 is 0. The molecule has 0 atom stereocenters. The van der Waals surface area contributed by atoms with Crippen molar-refractivity contribution in [1.82, 2.24) is 15.0 Å². The van der Waals surface area contributed by atoms with E-state index < -0.39 is 0 Å². The van der Waals surface area contributed by atoms with Gasteiger partial charge in [-0.3, -0.25) is 0 Å². The van der Waals surface area contributed by atoms with E-state index in [2.05, 4.69) is 20.3 Å². The van der Waals surface area contributed by atoms with Gasteiger partial charge in [0.15, 0.2) is 11.0 Å². The first-order chi connectivity index (χ1) is 9.11. The van der Waals surface area contributed by atoms with Gasteiger partial charge in [-0.1, -0.05) is 11.6 Å². The first-order valence-electron chi connectivity index (χ1n) is 5.44. The minimum Gasteiger partial charge on any atom is -0.361 e. The number of halogens is 1. The van der Waals surface area contributed by atoms with Crippen molar-refractivity contribution in [3.05, 3.63) is 35.2 Å². The molecule has 2 rings (SSSR count). The number of anilines is 3. The Morgan fingerprint density at radius 3 is 2.79 bits per heavy atom. The Hall–Kier alpha value is -2.39. The van der Waals surface area contributed by atoms with Crippen molar-refractivity contribution < 1.29 is 0 Å². The van der Waals surface area contributed by atoms with Gasteiger partial charge in [-0.2, -0.15) is 10.2 Å². The fourth-order valence-corrected chi connectivity index (χ4v) is 1.64. The maximum absolute atomic E-state index is 8.76. The fraction of sp³-hybridized carbons (Fsp3) is 0.167. The van der Waals surface area contributed by atoms with Gasteiger partial charge in [0.1, 0.15) is 11.6 Å². The second kappa shape index (κ2) is 5.50. The first kappa shape index (κ1) is 13.1. The van der Waals surface area contributed by atoms with E-state index in [4.69, 9.17) is 16.9 Å². The molecular weight excluding hydrogens is 264 g/mol. The number of pyridine rings is 1. The molecule has 0 spiro atoms. The fourth-order valence-electron chi connectivity index (χ4n) is 1.47. The molecule has 7 heteroatoms. The van der Waals surface area contributed by atoms with Crippen LogP contribution in [0.15, 0.2) is 24.5 Å². The highest BCUT2D eigenvalue weighted by molar-refractivity contribution is 6.30. The largest absolute Gasteiger partial charge is 0.361 e. The lowest BCUT2D eigenvalue weighted by Crippen LogP contribution is -2.13. The quantitative estimate of drug-likeness (QED) is 0.865. The van der Waals surface area contributed by atoms with Crippen molar-refractivity contribution in [2.75, 3.05) is 24.3 Å². The molecule has 19 heavy (non-hydrogen) atoms. The van der Waals surface area contributed by atoms with Crippen LogP contribution in [0.25, 0.3) is 0 Å². The van der Waals surface area contributed by atoms with Crippen molar-refractivity contribution >= 4 is 29.1 Å². The van der Waals surface area contributed by atoms with Gasteiger partial charge in [-0.15, -0.1) is 0 Å². The molecule has 2 heterocycles. The summed E-state index contributed by atoms with van der Waals surface area (Å²) in [5.41, 5.74) is 1.000. The van der Waals surface area contributed by atoms with Crippen molar-refractivity contribution in [3.63, 3.8) is 0 Å². The molecule has 96 valence electrons. The van der Waals surface area contributed by atoms with Crippen LogP contribution in [0, 0.1) is 11.3 Å². The average molecular weight is 275 g/mol. The Bertz CT molecular complexity index is 634. The van der Waals surface area contributed by atoms with E-state index >= 15 is 0 Å². The SMILES string of the molecule is CN(C)c1ncccc1Nc1ncc(C#N)c(Cl)n1. The lowest BCUT2D eigenvalue weighted by Gasteiger charge is -2.16. The van der Waals surface area contributed by atoms with Crippen molar-refractivity contribution in [2.45, 2.75) is 0 Å².